The highest BCUT2D eigenvalue weighted by Crippen LogP contribution is 2.11. The molecule has 0 saturated heterocycles. The molecule has 6 heteroatoms. The minimum atomic E-state index is -1.29. The van der Waals surface area contributed by atoms with Gasteiger partial charge in [-0.3, -0.25) is 0 Å². The van der Waals surface area contributed by atoms with Gasteiger partial charge in [0.1, 0.15) is 0 Å². The van der Waals surface area contributed by atoms with Crippen molar-refractivity contribution in [2.24, 2.45) is 0 Å². The Morgan fingerprint density at radius 1 is 1.06 bits per heavy atom. The molecule has 1 N–H and O–H groups in total. The van der Waals surface area contributed by atoms with Gasteiger partial charge in [0, 0.05) is 7.11 Å². The summed E-state index contributed by atoms with van der Waals surface area (Å²) in [6.07, 6.45) is -2.05. The molecule has 0 aromatic rings. The predicted molar refractivity (Wildman–Crippen MR) is 58.6 cm³/mol. The fraction of sp³-hybridized carbons (Fsp3) is 0.455. The summed E-state index contributed by atoms with van der Waals surface area (Å²) < 4.78 is 13.9. The van der Waals surface area contributed by atoms with E-state index in [1.807, 2.05) is 0 Å². The van der Waals surface area contributed by atoms with Crippen LogP contribution >= 0.6 is 0 Å². The molecule has 96 valence electrons. The van der Waals surface area contributed by atoms with Gasteiger partial charge in [0.05, 0.1) is 11.1 Å². The maximum atomic E-state index is 11.4. The number of aliphatic hydroxyl groups is 1. The van der Waals surface area contributed by atoms with Crippen molar-refractivity contribution < 1.29 is 28.9 Å². The number of methoxy groups -OCH3 is 1. The Morgan fingerprint density at radius 2 is 1.47 bits per heavy atom. The van der Waals surface area contributed by atoms with Gasteiger partial charge < -0.3 is 19.3 Å². The molecule has 17 heavy (non-hydrogen) atoms. The second kappa shape index (κ2) is 6.82. The molecule has 2 atom stereocenters. The number of esters is 2. The SMILES string of the molecule is C=C(C(=C)C(=O)OC(C)OC)C(=O)OC(C)O. The van der Waals surface area contributed by atoms with Crippen LogP contribution in [0.25, 0.3) is 0 Å². The third kappa shape index (κ3) is 5.28. The summed E-state index contributed by atoms with van der Waals surface area (Å²) in [5.74, 6) is -1.78. The van der Waals surface area contributed by atoms with Gasteiger partial charge in [-0.25, -0.2) is 9.59 Å². The number of rotatable bonds is 6. The summed E-state index contributed by atoms with van der Waals surface area (Å²) in [7, 11) is 1.36. The van der Waals surface area contributed by atoms with E-state index in [4.69, 9.17) is 14.6 Å². The molecule has 0 aromatic heterocycles. The van der Waals surface area contributed by atoms with Gasteiger partial charge in [0.2, 0.25) is 0 Å². The van der Waals surface area contributed by atoms with Crippen LogP contribution < -0.4 is 0 Å². The first-order chi connectivity index (χ1) is 7.79. The smallest absolute Gasteiger partial charge is 0.340 e. The predicted octanol–water partition coefficient (Wildman–Crippen LogP) is 0.516. The Kier molecular flexibility index (Phi) is 6.16. The van der Waals surface area contributed by atoms with E-state index in [0.717, 1.165) is 0 Å². The van der Waals surface area contributed by atoms with Gasteiger partial charge in [0.15, 0.2) is 12.6 Å². The Hall–Kier alpha value is -1.66. The van der Waals surface area contributed by atoms with Gasteiger partial charge in [-0.05, 0) is 13.8 Å². The Labute approximate surface area is 99.5 Å². The van der Waals surface area contributed by atoms with Gasteiger partial charge >= 0.3 is 11.9 Å². The van der Waals surface area contributed by atoms with Crippen molar-refractivity contribution in [1.29, 1.82) is 0 Å². The third-order valence-electron chi connectivity index (χ3n) is 1.74. The average molecular weight is 244 g/mol. The summed E-state index contributed by atoms with van der Waals surface area (Å²) in [6.45, 7) is 9.44. The highest BCUT2D eigenvalue weighted by Gasteiger charge is 2.21. The van der Waals surface area contributed by atoms with E-state index in [2.05, 4.69) is 17.9 Å². The van der Waals surface area contributed by atoms with E-state index in [9.17, 15) is 9.59 Å². The lowest BCUT2D eigenvalue weighted by molar-refractivity contribution is -0.167. The van der Waals surface area contributed by atoms with Crippen molar-refractivity contribution in [1.82, 2.24) is 0 Å². The van der Waals surface area contributed by atoms with Gasteiger partial charge in [-0.2, -0.15) is 0 Å². The summed E-state index contributed by atoms with van der Waals surface area (Å²) in [4.78, 5) is 22.7. The molecule has 0 amide bonds. The number of aliphatic hydroxyl groups excluding tert-OH is 1. The topological polar surface area (TPSA) is 82.1 Å². The fourth-order valence-electron chi connectivity index (χ4n) is 0.742. The van der Waals surface area contributed by atoms with Crippen molar-refractivity contribution >= 4 is 11.9 Å². The first-order valence-corrected chi connectivity index (χ1v) is 4.80. The molecule has 0 aromatic carbocycles. The molecule has 0 fully saturated rings. The summed E-state index contributed by atoms with van der Waals surface area (Å²) in [5.41, 5.74) is -0.529. The molecule has 0 saturated carbocycles. The maximum Gasteiger partial charge on any atom is 0.340 e. The highest BCUT2D eigenvalue weighted by molar-refractivity contribution is 6.06. The van der Waals surface area contributed by atoms with Crippen LogP contribution in [-0.2, 0) is 23.8 Å². The maximum absolute atomic E-state index is 11.4. The standard InChI is InChI=1S/C11H16O6/c1-6(10(13)16-8(3)12)7(2)11(14)17-9(4)15-5/h8-9,12H,1-2H2,3-5H3. The normalized spacial score (nSPS) is 13.4. The highest BCUT2D eigenvalue weighted by atomic mass is 16.7. The van der Waals surface area contributed by atoms with Crippen LogP contribution in [0.3, 0.4) is 0 Å². The Bertz CT molecular complexity index is 331. The van der Waals surface area contributed by atoms with Crippen molar-refractivity contribution in [3.05, 3.63) is 24.3 Å². The Balaban J connectivity index is 4.45. The summed E-state index contributed by atoms with van der Waals surface area (Å²) >= 11 is 0. The minimum Gasteiger partial charge on any atom is -0.433 e. The molecular weight excluding hydrogens is 228 g/mol. The number of hydrogen-bond acceptors (Lipinski definition) is 6. The molecular formula is C11H16O6. The molecule has 0 heterocycles. The molecule has 6 nitrogen and oxygen atoms in total. The first-order valence-electron chi connectivity index (χ1n) is 4.80. The lowest BCUT2D eigenvalue weighted by atomic mass is 10.1. The second-order valence-electron chi connectivity index (χ2n) is 3.17. The van der Waals surface area contributed by atoms with Crippen LogP contribution in [0.5, 0.6) is 0 Å². The zero-order valence-corrected chi connectivity index (χ0v) is 10.1. The minimum absolute atomic E-state index is 0.250. The van der Waals surface area contributed by atoms with Crippen LogP contribution in [0, 0.1) is 0 Å². The monoisotopic (exact) mass is 244 g/mol. The van der Waals surface area contributed by atoms with Gasteiger partial charge in [-0.1, -0.05) is 13.2 Å². The summed E-state index contributed by atoms with van der Waals surface area (Å²) in [5, 5.41) is 8.83. The molecule has 0 rings (SSSR count). The lowest BCUT2D eigenvalue weighted by Gasteiger charge is -2.13. The van der Waals surface area contributed by atoms with Crippen LogP contribution in [0.4, 0.5) is 0 Å². The number of carbonyl (C=O) groups is 2. The van der Waals surface area contributed by atoms with E-state index < -0.39 is 24.5 Å². The molecule has 0 aliphatic carbocycles. The van der Waals surface area contributed by atoms with Crippen molar-refractivity contribution in [3.63, 3.8) is 0 Å². The zero-order valence-electron chi connectivity index (χ0n) is 10.1. The molecule has 0 aliphatic rings. The van der Waals surface area contributed by atoms with Gasteiger partial charge in [0.25, 0.3) is 0 Å². The van der Waals surface area contributed by atoms with E-state index in [0.29, 0.717) is 0 Å². The molecule has 2 unspecified atom stereocenters. The number of carbonyl (C=O) groups excluding carboxylic acids is 2. The van der Waals surface area contributed by atoms with Crippen LogP contribution in [-0.4, -0.2) is 36.7 Å². The number of hydrogen-bond donors (Lipinski definition) is 1. The van der Waals surface area contributed by atoms with Crippen LogP contribution in [0.1, 0.15) is 13.8 Å². The van der Waals surface area contributed by atoms with Crippen LogP contribution in [0.15, 0.2) is 24.3 Å². The number of ether oxygens (including phenoxy) is 3. The first kappa shape index (κ1) is 15.3. The molecule has 0 radical (unpaired) electrons. The van der Waals surface area contributed by atoms with Crippen molar-refractivity contribution in [2.75, 3.05) is 7.11 Å². The van der Waals surface area contributed by atoms with Crippen LogP contribution in [0.2, 0.25) is 0 Å². The molecule has 0 aliphatic heterocycles. The Morgan fingerprint density at radius 3 is 1.82 bits per heavy atom. The van der Waals surface area contributed by atoms with Crippen molar-refractivity contribution in [2.45, 2.75) is 26.4 Å². The zero-order chi connectivity index (χ0) is 13.6. The fourth-order valence-corrected chi connectivity index (χ4v) is 0.742. The molecule has 0 bridgehead atoms. The van der Waals surface area contributed by atoms with Crippen molar-refractivity contribution in [3.8, 4) is 0 Å². The third-order valence-corrected chi connectivity index (χ3v) is 1.74. The van der Waals surface area contributed by atoms with E-state index >= 15 is 0 Å². The second-order valence-corrected chi connectivity index (χ2v) is 3.17. The lowest BCUT2D eigenvalue weighted by Crippen LogP contribution is -2.22. The van der Waals surface area contributed by atoms with Gasteiger partial charge in [-0.15, -0.1) is 0 Å². The van der Waals surface area contributed by atoms with E-state index in [1.54, 1.807) is 0 Å². The largest absolute Gasteiger partial charge is 0.433 e. The summed E-state index contributed by atoms with van der Waals surface area (Å²) in [6, 6.07) is 0. The molecule has 0 spiro atoms. The van der Waals surface area contributed by atoms with E-state index in [1.165, 1.54) is 21.0 Å². The average Bonchev–Trinajstić information content (AvgIpc) is 2.25. The quantitative estimate of drug-likeness (QED) is 0.317. The van der Waals surface area contributed by atoms with E-state index in [-0.39, 0.29) is 11.1 Å².